The molecule has 4 amide bonds. The standard InChI is InChI=1S/C17H14N2O5/c1-10-3-6-13(24-10)9-14-15(20)18-17(22)19(16(14)21)11-4-7-12(23-2)8-5-11/h3-9H,1-2H3,(H,18,20,22)/b14-9-. The van der Waals surface area contributed by atoms with Crippen molar-refractivity contribution in [3.63, 3.8) is 0 Å². The summed E-state index contributed by atoms with van der Waals surface area (Å²) in [6, 6.07) is 8.89. The number of methoxy groups -OCH3 is 1. The number of hydrogen-bond donors (Lipinski definition) is 1. The largest absolute Gasteiger partial charge is 0.497 e. The van der Waals surface area contributed by atoms with Crippen LogP contribution in [0.4, 0.5) is 10.5 Å². The van der Waals surface area contributed by atoms with Crippen molar-refractivity contribution in [2.75, 3.05) is 12.0 Å². The summed E-state index contributed by atoms with van der Waals surface area (Å²) in [4.78, 5) is 37.6. The number of carbonyl (C=O) groups excluding carboxylic acids is 3. The molecule has 0 unspecified atom stereocenters. The number of carbonyl (C=O) groups is 3. The van der Waals surface area contributed by atoms with Crippen LogP contribution in [0.3, 0.4) is 0 Å². The Morgan fingerprint density at radius 1 is 1.08 bits per heavy atom. The van der Waals surface area contributed by atoms with Crippen LogP contribution in [-0.2, 0) is 9.59 Å². The highest BCUT2D eigenvalue weighted by Crippen LogP contribution is 2.24. The molecule has 0 bridgehead atoms. The molecule has 1 saturated heterocycles. The van der Waals surface area contributed by atoms with Crippen molar-refractivity contribution in [2.24, 2.45) is 0 Å². The number of nitrogens with zero attached hydrogens (tertiary/aromatic N) is 1. The van der Waals surface area contributed by atoms with Gasteiger partial charge < -0.3 is 9.15 Å². The molecule has 0 saturated carbocycles. The summed E-state index contributed by atoms with van der Waals surface area (Å²) < 4.78 is 10.4. The first-order valence-corrected chi connectivity index (χ1v) is 7.11. The third-order valence-corrected chi connectivity index (χ3v) is 3.48. The quantitative estimate of drug-likeness (QED) is 0.690. The predicted molar refractivity (Wildman–Crippen MR) is 85.4 cm³/mol. The second-order valence-corrected chi connectivity index (χ2v) is 5.10. The fourth-order valence-corrected chi connectivity index (χ4v) is 2.30. The Morgan fingerprint density at radius 3 is 2.38 bits per heavy atom. The van der Waals surface area contributed by atoms with Crippen molar-refractivity contribution in [1.82, 2.24) is 5.32 Å². The van der Waals surface area contributed by atoms with Crippen LogP contribution >= 0.6 is 0 Å². The summed E-state index contributed by atoms with van der Waals surface area (Å²) >= 11 is 0. The van der Waals surface area contributed by atoms with E-state index in [9.17, 15) is 14.4 Å². The summed E-state index contributed by atoms with van der Waals surface area (Å²) in [7, 11) is 1.51. The molecule has 1 aromatic heterocycles. The van der Waals surface area contributed by atoms with Gasteiger partial charge >= 0.3 is 6.03 Å². The number of ether oxygens (including phenoxy) is 1. The predicted octanol–water partition coefficient (Wildman–Crippen LogP) is 2.26. The van der Waals surface area contributed by atoms with E-state index >= 15 is 0 Å². The van der Waals surface area contributed by atoms with Gasteiger partial charge in [0, 0.05) is 0 Å². The molecule has 0 atom stereocenters. The van der Waals surface area contributed by atoms with Crippen LogP contribution in [-0.4, -0.2) is 25.0 Å². The van der Waals surface area contributed by atoms with Gasteiger partial charge in [0.15, 0.2) is 0 Å². The number of barbiturate groups is 1. The first-order valence-electron chi connectivity index (χ1n) is 7.11. The molecule has 0 radical (unpaired) electrons. The van der Waals surface area contributed by atoms with Gasteiger partial charge in [0.05, 0.1) is 12.8 Å². The molecule has 7 heteroatoms. The number of rotatable bonds is 3. The molecule has 1 fully saturated rings. The number of furan rings is 1. The van der Waals surface area contributed by atoms with Gasteiger partial charge in [-0.3, -0.25) is 14.9 Å². The molecule has 1 aliphatic heterocycles. The van der Waals surface area contributed by atoms with Gasteiger partial charge in [0.25, 0.3) is 11.8 Å². The molecule has 1 aliphatic rings. The van der Waals surface area contributed by atoms with Gasteiger partial charge in [0.1, 0.15) is 22.8 Å². The lowest BCUT2D eigenvalue weighted by Crippen LogP contribution is -2.54. The highest BCUT2D eigenvalue weighted by Gasteiger charge is 2.37. The zero-order valence-corrected chi connectivity index (χ0v) is 13.0. The van der Waals surface area contributed by atoms with E-state index in [1.54, 1.807) is 43.3 Å². The monoisotopic (exact) mass is 326 g/mol. The Morgan fingerprint density at radius 2 is 1.79 bits per heavy atom. The van der Waals surface area contributed by atoms with E-state index < -0.39 is 17.8 Å². The Kier molecular flexibility index (Phi) is 3.91. The van der Waals surface area contributed by atoms with Crippen molar-refractivity contribution in [2.45, 2.75) is 6.92 Å². The molecule has 24 heavy (non-hydrogen) atoms. The lowest BCUT2D eigenvalue weighted by Gasteiger charge is -2.26. The molecular weight excluding hydrogens is 312 g/mol. The van der Waals surface area contributed by atoms with Crippen LogP contribution in [0.5, 0.6) is 5.75 Å². The van der Waals surface area contributed by atoms with Crippen LogP contribution in [0.15, 0.2) is 46.4 Å². The summed E-state index contributed by atoms with van der Waals surface area (Å²) in [5, 5.41) is 2.15. The molecule has 0 aliphatic carbocycles. The number of aryl methyl sites for hydroxylation is 1. The second-order valence-electron chi connectivity index (χ2n) is 5.10. The van der Waals surface area contributed by atoms with Crippen LogP contribution in [0.25, 0.3) is 6.08 Å². The maximum Gasteiger partial charge on any atom is 0.335 e. The zero-order chi connectivity index (χ0) is 17.3. The van der Waals surface area contributed by atoms with E-state index in [4.69, 9.17) is 9.15 Å². The first kappa shape index (κ1) is 15.5. The Labute approximate surface area is 137 Å². The van der Waals surface area contributed by atoms with E-state index in [0.717, 1.165) is 4.90 Å². The number of amides is 4. The second kappa shape index (κ2) is 6.04. The summed E-state index contributed by atoms with van der Waals surface area (Å²) in [5.41, 5.74) is 0.145. The summed E-state index contributed by atoms with van der Waals surface area (Å²) in [6.45, 7) is 1.75. The fraction of sp³-hybridized carbons (Fsp3) is 0.118. The number of nitrogens with one attached hydrogen (secondary N) is 1. The van der Waals surface area contributed by atoms with Gasteiger partial charge in [-0.05, 0) is 49.4 Å². The third-order valence-electron chi connectivity index (χ3n) is 3.48. The first-order chi connectivity index (χ1) is 11.5. The smallest absolute Gasteiger partial charge is 0.335 e. The van der Waals surface area contributed by atoms with Gasteiger partial charge in [-0.25, -0.2) is 9.69 Å². The minimum atomic E-state index is -0.803. The van der Waals surface area contributed by atoms with Gasteiger partial charge in [-0.15, -0.1) is 0 Å². The fourth-order valence-electron chi connectivity index (χ4n) is 2.30. The van der Waals surface area contributed by atoms with E-state index in [-0.39, 0.29) is 5.57 Å². The van der Waals surface area contributed by atoms with Crippen molar-refractivity contribution in [1.29, 1.82) is 0 Å². The van der Waals surface area contributed by atoms with Crippen LogP contribution in [0.1, 0.15) is 11.5 Å². The highest BCUT2D eigenvalue weighted by atomic mass is 16.5. The molecule has 2 aromatic rings. The van der Waals surface area contributed by atoms with Gasteiger partial charge in [0.2, 0.25) is 0 Å². The Balaban J connectivity index is 1.97. The molecule has 122 valence electrons. The summed E-state index contributed by atoms with van der Waals surface area (Å²) in [6.07, 6.45) is 1.31. The normalized spacial score (nSPS) is 16.5. The van der Waals surface area contributed by atoms with Crippen molar-refractivity contribution in [3.8, 4) is 5.75 Å². The van der Waals surface area contributed by atoms with Gasteiger partial charge in [-0.2, -0.15) is 0 Å². The SMILES string of the molecule is COc1ccc(N2C(=O)NC(=O)/C(=C/c3ccc(C)o3)C2=O)cc1. The zero-order valence-electron chi connectivity index (χ0n) is 13.0. The molecule has 0 spiro atoms. The lowest BCUT2D eigenvalue weighted by molar-refractivity contribution is -0.122. The minimum Gasteiger partial charge on any atom is -0.497 e. The minimum absolute atomic E-state index is 0.181. The molecular formula is C17H14N2O5. The number of anilines is 1. The Bertz CT molecular complexity index is 848. The highest BCUT2D eigenvalue weighted by molar-refractivity contribution is 6.39. The van der Waals surface area contributed by atoms with Crippen molar-refractivity contribution >= 4 is 29.6 Å². The lowest BCUT2D eigenvalue weighted by atomic mass is 10.1. The summed E-state index contributed by atoms with van der Waals surface area (Å²) in [5.74, 6) is 0.108. The number of imide groups is 2. The number of benzene rings is 1. The number of hydrogen-bond acceptors (Lipinski definition) is 5. The molecule has 7 nitrogen and oxygen atoms in total. The van der Waals surface area contributed by atoms with Crippen LogP contribution < -0.4 is 15.0 Å². The third kappa shape index (κ3) is 2.79. The van der Waals surface area contributed by atoms with Crippen LogP contribution in [0, 0.1) is 6.92 Å². The van der Waals surface area contributed by atoms with Crippen molar-refractivity contribution < 1.29 is 23.5 Å². The molecule has 2 heterocycles. The molecule has 1 N–H and O–H groups in total. The van der Waals surface area contributed by atoms with E-state index in [2.05, 4.69) is 5.32 Å². The maximum absolute atomic E-state index is 12.6. The van der Waals surface area contributed by atoms with E-state index in [1.807, 2.05) is 0 Å². The average Bonchev–Trinajstić information content (AvgIpc) is 2.97. The molecule has 1 aromatic carbocycles. The van der Waals surface area contributed by atoms with E-state index in [1.165, 1.54) is 13.2 Å². The topological polar surface area (TPSA) is 88.8 Å². The van der Waals surface area contributed by atoms with Crippen LogP contribution in [0.2, 0.25) is 0 Å². The molecule has 3 rings (SSSR count). The Hall–Kier alpha value is -3.35. The maximum atomic E-state index is 12.6. The van der Waals surface area contributed by atoms with Crippen molar-refractivity contribution in [3.05, 3.63) is 53.5 Å². The number of urea groups is 1. The van der Waals surface area contributed by atoms with Gasteiger partial charge in [-0.1, -0.05) is 0 Å². The van der Waals surface area contributed by atoms with E-state index in [0.29, 0.717) is 23.0 Å². The average molecular weight is 326 g/mol.